The Balaban J connectivity index is 2.11. The van der Waals surface area contributed by atoms with Crippen LogP contribution in [0.4, 0.5) is 4.39 Å². The van der Waals surface area contributed by atoms with E-state index in [0.29, 0.717) is 4.47 Å². The topological polar surface area (TPSA) is 25.2 Å². The lowest BCUT2D eigenvalue weighted by atomic mass is 10.0. The molecule has 4 heteroatoms. The summed E-state index contributed by atoms with van der Waals surface area (Å²) >= 11 is 3.33. The molecule has 3 rings (SSSR count). The van der Waals surface area contributed by atoms with Crippen molar-refractivity contribution in [3.8, 4) is 0 Å². The van der Waals surface area contributed by atoms with Gasteiger partial charge >= 0.3 is 0 Å². The van der Waals surface area contributed by atoms with E-state index < -0.39 is 0 Å². The van der Waals surface area contributed by atoms with Crippen molar-refractivity contribution in [2.75, 3.05) is 7.05 Å². The van der Waals surface area contributed by atoms with Crippen LogP contribution in [0.1, 0.15) is 22.9 Å². The molecule has 1 unspecified atom stereocenters. The molecule has 1 heterocycles. The summed E-state index contributed by atoms with van der Waals surface area (Å²) in [6.45, 7) is 2.02. The lowest BCUT2D eigenvalue weighted by Crippen LogP contribution is -2.17. The Morgan fingerprint density at radius 1 is 1.19 bits per heavy atom. The van der Waals surface area contributed by atoms with Gasteiger partial charge < -0.3 is 9.73 Å². The molecule has 21 heavy (non-hydrogen) atoms. The first-order valence-electron chi connectivity index (χ1n) is 6.71. The highest BCUT2D eigenvalue weighted by atomic mass is 79.9. The van der Waals surface area contributed by atoms with Gasteiger partial charge in [-0.25, -0.2) is 4.39 Å². The van der Waals surface area contributed by atoms with Crippen LogP contribution in [0.25, 0.3) is 11.0 Å². The smallest absolute Gasteiger partial charge is 0.137 e. The highest BCUT2D eigenvalue weighted by Crippen LogP contribution is 2.31. The summed E-state index contributed by atoms with van der Waals surface area (Å²) in [6, 6.07) is 12.7. The summed E-state index contributed by atoms with van der Waals surface area (Å²) in [5, 5.41) is 4.24. The standard InChI is InChI=1S/C17H15BrFNO/c1-10-4-3-5-11-8-15(21-17(10)11)16(20-2)12-6-13(18)9-14(19)7-12/h3-9,16,20H,1-2H3. The largest absolute Gasteiger partial charge is 0.459 e. The monoisotopic (exact) mass is 347 g/mol. The molecule has 2 aromatic carbocycles. The van der Waals surface area contributed by atoms with Gasteiger partial charge in [0.05, 0.1) is 6.04 Å². The minimum atomic E-state index is -0.271. The number of para-hydroxylation sites is 1. The van der Waals surface area contributed by atoms with E-state index in [9.17, 15) is 4.39 Å². The van der Waals surface area contributed by atoms with E-state index in [1.165, 1.54) is 12.1 Å². The van der Waals surface area contributed by atoms with Crippen molar-refractivity contribution >= 4 is 26.9 Å². The van der Waals surface area contributed by atoms with Crippen LogP contribution < -0.4 is 5.32 Å². The zero-order chi connectivity index (χ0) is 15.0. The van der Waals surface area contributed by atoms with E-state index in [0.717, 1.165) is 27.9 Å². The van der Waals surface area contributed by atoms with Crippen LogP contribution in [0.15, 0.2) is 51.4 Å². The van der Waals surface area contributed by atoms with Gasteiger partial charge in [0, 0.05) is 9.86 Å². The zero-order valence-electron chi connectivity index (χ0n) is 11.8. The fraction of sp³-hybridized carbons (Fsp3) is 0.176. The average Bonchev–Trinajstić information content (AvgIpc) is 2.83. The van der Waals surface area contributed by atoms with E-state index in [2.05, 4.69) is 21.2 Å². The first-order valence-corrected chi connectivity index (χ1v) is 7.50. The Morgan fingerprint density at radius 3 is 2.67 bits per heavy atom. The summed E-state index contributed by atoms with van der Waals surface area (Å²) in [4.78, 5) is 0. The molecular formula is C17H15BrFNO. The maximum Gasteiger partial charge on any atom is 0.137 e. The van der Waals surface area contributed by atoms with E-state index in [4.69, 9.17) is 4.42 Å². The number of benzene rings is 2. The fourth-order valence-electron chi connectivity index (χ4n) is 2.59. The molecule has 0 fully saturated rings. The van der Waals surface area contributed by atoms with Gasteiger partial charge in [-0.2, -0.15) is 0 Å². The minimum absolute atomic E-state index is 0.191. The molecule has 2 nitrogen and oxygen atoms in total. The fourth-order valence-corrected chi connectivity index (χ4v) is 3.07. The summed E-state index contributed by atoms with van der Waals surface area (Å²) in [5.41, 5.74) is 2.79. The maximum absolute atomic E-state index is 13.6. The van der Waals surface area contributed by atoms with Crippen LogP contribution in [0.5, 0.6) is 0 Å². The lowest BCUT2D eigenvalue weighted by Gasteiger charge is -2.14. The Labute approximate surface area is 131 Å². The van der Waals surface area contributed by atoms with Crippen molar-refractivity contribution in [2.45, 2.75) is 13.0 Å². The van der Waals surface area contributed by atoms with Crippen molar-refractivity contribution < 1.29 is 8.81 Å². The third-order valence-corrected chi connectivity index (χ3v) is 4.01. The molecule has 0 saturated heterocycles. The predicted octanol–water partition coefficient (Wildman–Crippen LogP) is 4.95. The Kier molecular flexibility index (Phi) is 3.83. The third-order valence-electron chi connectivity index (χ3n) is 3.55. The molecule has 108 valence electrons. The molecule has 0 aliphatic carbocycles. The second-order valence-corrected chi connectivity index (χ2v) is 5.98. The quantitative estimate of drug-likeness (QED) is 0.724. The van der Waals surface area contributed by atoms with E-state index >= 15 is 0 Å². The van der Waals surface area contributed by atoms with Crippen molar-refractivity contribution in [1.82, 2.24) is 5.32 Å². The van der Waals surface area contributed by atoms with Crippen molar-refractivity contribution in [2.24, 2.45) is 0 Å². The van der Waals surface area contributed by atoms with Gasteiger partial charge in [-0.05, 0) is 49.4 Å². The number of rotatable bonds is 3. The van der Waals surface area contributed by atoms with Crippen molar-refractivity contribution in [3.63, 3.8) is 0 Å². The zero-order valence-corrected chi connectivity index (χ0v) is 13.4. The molecule has 1 aromatic heterocycles. The maximum atomic E-state index is 13.6. The number of fused-ring (bicyclic) bond motifs is 1. The number of nitrogens with one attached hydrogen (secondary N) is 1. The predicted molar refractivity (Wildman–Crippen MR) is 86.0 cm³/mol. The van der Waals surface area contributed by atoms with Gasteiger partial charge in [0.1, 0.15) is 17.2 Å². The van der Waals surface area contributed by atoms with Crippen LogP contribution in [-0.4, -0.2) is 7.05 Å². The van der Waals surface area contributed by atoms with Crippen LogP contribution in [0, 0.1) is 12.7 Å². The molecule has 3 aromatic rings. The SMILES string of the molecule is CNC(c1cc(F)cc(Br)c1)c1cc2cccc(C)c2o1. The Hall–Kier alpha value is -1.65. The highest BCUT2D eigenvalue weighted by molar-refractivity contribution is 9.10. The molecule has 1 atom stereocenters. The first kappa shape index (κ1) is 14.3. The molecule has 0 bridgehead atoms. The van der Waals surface area contributed by atoms with Crippen molar-refractivity contribution in [1.29, 1.82) is 0 Å². The third kappa shape index (κ3) is 2.74. The minimum Gasteiger partial charge on any atom is -0.459 e. The van der Waals surface area contributed by atoms with Gasteiger partial charge in [-0.3, -0.25) is 0 Å². The summed E-state index contributed by atoms with van der Waals surface area (Å²) in [6.07, 6.45) is 0. The normalized spacial score (nSPS) is 12.8. The van der Waals surface area contributed by atoms with Gasteiger partial charge in [0.25, 0.3) is 0 Å². The highest BCUT2D eigenvalue weighted by Gasteiger charge is 2.18. The van der Waals surface area contributed by atoms with E-state index in [-0.39, 0.29) is 11.9 Å². The van der Waals surface area contributed by atoms with Gasteiger partial charge in [-0.15, -0.1) is 0 Å². The molecule has 0 amide bonds. The second-order valence-electron chi connectivity index (χ2n) is 5.07. The van der Waals surface area contributed by atoms with Gasteiger partial charge in [0.15, 0.2) is 0 Å². The molecule has 0 aliphatic rings. The van der Waals surface area contributed by atoms with Gasteiger partial charge in [0.2, 0.25) is 0 Å². The van der Waals surface area contributed by atoms with Crippen LogP contribution >= 0.6 is 15.9 Å². The van der Waals surface area contributed by atoms with Crippen LogP contribution in [-0.2, 0) is 0 Å². The van der Waals surface area contributed by atoms with Crippen LogP contribution in [0.2, 0.25) is 0 Å². The summed E-state index contributed by atoms with van der Waals surface area (Å²) in [7, 11) is 1.84. The number of aryl methyl sites for hydroxylation is 1. The second kappa shape index (κ2) is 5.62. The lowest BCUT2D eigenvalue weighted by molar-refractivity contribution is 0.488. The molecule has 0 spiro atoms. The van der Waals surface area contributed by atoms with Crippen molar-refractivity contribution in [3.05, 3.63) is 69.6 Å². The molecule has 1 N–H and O–H groups in total. The molecule has 0 saturated carbocycles. The van der Waals surface area contributed by atoms with E-state index in [1.807, 2.05) is 44.3 Å². The number of hydrogen-bond acceptors (Lipinski definition) is 2. The number of furan rings is 1. The molecular weight excluding hydrogens is 333 g/mol. The Bertz CT molecular complexity index is 776. The summed E-state index contributed by atoms with van der Waals surface area (Å²) in [5.74, 6) is 0.506. The van der Waals surface area contributed by atoms with Crippen LogP contribution in [0.3, 0.4) is 0 Å². The summed E-state index contributed by atoms with van der Waals surface area (Å²) < 4.78 is 20.3. The molecule has 0 aliphatic heterocycles. The average molecular weight is 348 g/mol. The first-order chi connectivity index (χ1) is 10.1. The molecule has 0 radical (unpaired) electrons. The number of halogens is 2. The Morgan fingerprint density at radius 2 is 2.00 bits per heavy atom. The van der Waals surface area contributed by atoms with Gasteiger partial charge in [-0.1, -0.05) is 34.1 Å². The number of hydrogen-bond donors (Lipinski definition) is 1. The van der Waals surface area contributed by atoms with E-state index in [1.54, 1.807) is 0 Å².